The van der Waals surface area contributed by atoms with Crippen LogP contribution in [0, 0.1) is 0 Å². The van der Waals surface area contributed by atoms with Crippen molar-refractivity contribution in [2.24, 2.45) is 0 Å². The van der Waals surface area contributed by atoms with Gasteiger partial charge >= 0.3 is 5.97 Å². The number of aromatic nitrogens is 2. The average Bonchev–Trinajstić information content (AvgIpc) is 2.92. The van der Waals surface area contributed by atoms with Gasteiger partial charge in [-0.25, -0.2) is 22.9 Å². The molecule has 0 fully saturated rings. The first-order chi connectivity index (χ1) is 9.40. The number of carboxylic acids is 1. The number of hydrogen-bond donors (Lipinski definition) is 3. The Morgan fingerprint density at radius 2 is 2.00 bits per heavy atom. The minimum atomic E-state index is -3.73. The molecule has 0 aliphatic carbocycles. The van der Waals surface area contributed by atoms with Gasteiger partial charge in [-0.2, -0.15) is 0 Å². The number of sulfonamides is 1. The number of aromatic carboxylic acids is 1. The Hall–Kier alpha value is -2.19. The lowest BCUT2D eigenvalue weighted by Crippen LogP contribution is -2.27. The van der Waals surface area contributed by atoms with Gasteiger partial charge in [-0.15, -0.1) is 0 Å². The lowest BCUT2D eigenvalue weighted by atomic mass is 10.2. The Morgan fingerprint density at radius 3 is 2.50 bits per heavy atom. The molecule has 2 rings (SSSR count). The van der Waals surface area contributed by atoms with E-state index in [-0.39, 0.29) is 10.5 Å². The van der Waals surface area contributed by atoms with Crippen LogP contribution >= 0.6 is 0 Å². The topological polar surface area (TPSA) is 112 Å². The highest BCUT2D eigenvalue weighted by Gasteiger charge is 2.19. The van der Waals surface area contributed by atoms with Gasteiger partial charge in [0.15, 0.2) is 0 Å². The monoisotopic (exact) mass is 295 g/mol. The van der Waals surface area contributed by atoms with Crippen molar-refractivity contribution in [2.75, 3.05) is 0 Å². The van der Waals surface area contributed by atoms with Crippen molar-refractivity contribution in [1.82, 2.24) is 14.7 Å². The molecule has 0 spiro atoms. The molecule has 8 heteroatoms. The van der Waals surface area contributed by atoms with E-state index in [9.17, 15) is 13.2 Å². The molecule has 1 atom stereocenters. The molecule has 0 saturated carbocycles. The number of benzene rings is 1. The van der Waals surface area contributed by atoms with Gasteiger partial charge in [0.25, 0.3) is 0 Å². The predicted molar refractivity (Wildman–Crippen MR) is 70.7 cm³/mol. The molecular formula is C12H13N3O4S. The highest BCUT2D eigenvalue weighted by Crippen LogP contribution is 2.15. The van der Waals surface area contributed by atoms with Crippen LogP contribution in [-0.2, 0) is 10.0 Å². The zero-order chi connectivity index (χ0) is 14.8. The van der Waals surface area contributed by atoms with Gasteiger partial charge in [-0.05, 0) is 31.2 Å². The summed E-state index contributed by atoms with van der Waals surface area (Å²) in [7, 11) is -3.73. The smallest absolute Gasteiger partial charge is 0.335 e. The number of hydrogen-bond acceptors (Lipinski definition) is 4. The maximum Gasteiger partial charge on any atom is 0.335 e. The van der Waals surface area contributed by atoms with Crippen LogP contribution in [-0.4, -0.2) is 29.5 Å². The van der Waals surface area contributed by atoms with Crippen LogP contribution in [0.5, 0.6) is 0 Å². The number of rotatable bonds is 5. The number of carboxylic acid groups (broad SMARTS) is 1. The maximum atomic E-state index is 12.1. The lowest BCUT2D eigenvalue weighted by Gasteiger charge is -2.12. The Balaban J connectivity index is 2.20. The maximum absolute atomic E-state index is 12.1. The molecule has 1 aromatic heterocycles. The molecule has 0 radical (unpaired) electrons. The van der Waals surface area contributed by atoms with Crippen LogP contribution in [0.25, 0.3) is 0 Å². The summed E-state index contributed by atoms with van der Waals surface area (Å²) in [5, 5.41) is 8.77. The number of imidazole rings is 1. The number of aromatic amines is 1. The van der Waals surface area contributed by atoms with Gasteiger partial charge < -0.3 is 10.1 Å². The summed E-state index contributed by atoms with van der Waals surface area (Å²) in [6.07, 6.45) is 3.13. The van der Waals surface area contributed by atoms with E-state index in [1.165, 1.54) is 30.5 Å². The van der Waals surface area contributed by atoms with Crippen LogP contribution in [0.15, 0.2) is 41.6 Å². The number of nitrogens with zero attached hydrogens (tertiary/aromatic N) is 1. The van der Waals surface area contributed by atoms with Gasteiger partial charge in [-0.1, -0.05) is 0 Å². The third-order valence-electron chi connectivity index (χ3n) is 2.67. The fourth-order valence-corrected chi connectivity index (χ4v) is 2.86. The van der Waals surface area contributed by atoms with E-state index in [2.05, 4.69) is 14.7 Å². The first kappa shape index (κ1) is 14.2. The Bertz CT molecular complexity index is 693. The van der Waals surface area contributed by atoms with E-state index in [1.807, 2.05) is 0 Å². The van der Waals surface area contributed by atoms with Crippen molar-refractivity contribution in [3.8, 4) is 0 Å². The fourth-order valence-electron chi connectivity index (χ4n) is 1.65. The van der Waals surface area contributed by atoms with E-state index in [4.69, 9.17) is 5.11 Å². The number of carbonyl (C=O) groups is 1. The molecule has 2 aromatic rings. The number of H-pyrrole nitrogens is 1. The molecule has 1 aromatic carbocycles. The van der Waals surface area contributed by atoms with Gasteiger partial charge in [0.05, 0.1) is 16.5 Å². The normalized spacial score (nSPS) is 13.1. The molecule has 0 aliphatic rings. The Morgan fingerprint density at radius 1 is 1.35 bits per heavy atom. The second-order valence-electron chi connectivity index (χ2n) is 4.15. The van der Waals surface area contributed by atoms with Crippen LogP contribution in [0.3, 0.4) is 0 Å². The van der Waals surface area contributed by atoms with Gasteiger partial charge in [-0.3, -0.25) is 0 Å². The quantitative estimate of drug-likeness (QED) is 0.766. The summed E-state index contributed by atoms with van der Waals surface area (Å²) in [6.45, 7) is 1.65. The fraction of sp³-hybridized carbons (Fsp3) is 0.167. The summed E-state index contributed by atoms with van der Waals surface area (Å²) >= 11 is 0. The molecule has 3 N–H and O–H groups in total. The summed E-state index contributed by atoms with van der Waals surface area (Å²) in [5.74, 6) is -0.610. The second kappa shape index (κ2) is 5.43. The first-order valence-electron chi connectivity index (χ1n) is 5.75. The molecular weight excluding hydrogens is 282 g/mol. The van der Waals surface area contributed by atoms with E-state index in [0.717, 1.165) is 0 Å². The van der Waals surface area contributed by atoms with E-state index in [1.54, 1.807) is 13.1 Å². The van der Waals surface area contributed by atoms with Gasteiger partial charge in [0.1, 0.15) is 5.82 Å². The standard InChI is InChI=1S/C12H13N3O4S/c1-8(11-13-6-7-14-11)15-20(18,19)10-4-2-9(3-5-10)12(16)17/h2-8,15H,1H3,(H,13,14)(H,16,17). The van der Waals surface area contributed by atoms with Crippen molar-refractivity contribution >= 4 is 16.0 Å². The average molecular weight is 295 g/mol. The molecule has 1 unspecified atom stereocenters. The molecule has 0 aliphatic heterocycles. The summed E-state index contributed by atoms with van der Waals surface area (Å²) in [4.78, 5) is 17.5. The molecule has 0 bridgehead atoms. The van der Waals surface area contributed by atoms with Crippen molar-refractivity contribution in [3.05, 3.63) is 48.0 Å². The SMILES string of the molecule is CC(NS(=O)(=O)c1ccc(C(=O)O)cc1)c1ncc[nH]1. The minimum Gasteiger partial charge on any atom is -0.478 e. The van der Waals surface area contributed by atoms with E-state index >= 15 is 0 Å². The zero-order valence-corrected chi connectivity index (χ0v) is 11.4. The van der Waals surface area contributed by atoms with Crippen LogP contribution in [0.4, 0.5) is 0 Å². The largest absolute Gasteiger partial charge is 0.478 e. The third kappa shape index (κ3) is 3.03. The Labute approximate surface area is 115 Å². The lowest BCUT2D eigenvalue weighted by molar-refractivity contribution is 0.0696. The van der Waals surface area contributed by atoms with E-state index in [0.29, 0.717) is 5.82 Å². The van der Waals surface area contributed by atoms with Crippen LogP contribution in [0.2, 0.25) is 0 Å². The minimum absolute atomic E-state index is 0.000839. The van der Waals surface area contributed by atoms with Crippen molar-refractivity contribution in [2.45, 2.75) is 17.9 Å². The zero-order valence-electron chi connectivity index (χ0n) is 10.6. The first-order valence-corrected chi connectivity index (χ1v) is 7.23. The molecule has 20 heavy (non-hydrogen) atoms. The summed E-state index contributed by atoms with van der Waals surface area (Å²) in [5.41, 5.74) is 0.0306. The van der Waals surface area contributed by atoms with E-state index < -0.39 is 22.0 Å². The molecule has 7 nitrogen and oxygen atoms in total. The van der Waals surface area contributed by atoms with Gasteiger partial charge in [0, 0.05) is 12.4 Å². The van der Waals surface area contributed by atoms with Crippen molar-refractivity contribution in [3.63, 3.8) is 0 Å². The summed E-state index contributed by atoms with van der Waals surface area (Å²) in [6, 6.07) is 4.47. The Kier molecular flexibility index (Phi) is 3.86. The highest BCUT2D eigenvalue weighted by atomic mass is 32.2. The van der Waals surface area contributed by atoms with Crippen LogP contribution < -0.4 is 4.72 Å². The highest BCUT2D eigenvalue weighted by molar-refractivity contribution is 7.89. The molecule has 1 heterocycles. The molecule has 106 valence electrons. The third-order valence-corrected chi connectivity index (χ3v) is 4.23. The predicted octanol–water partition coefficient (Wildman–Crippen LogP) is 1.15. The second-order valence-corrected chi connectivity index (χ2v) is 5.86. The van der Waals surface area contributed by atoms with Crippen molar-refractivity contribution in [1.29, 1.82) is 0 Å². The summed E-state index contributed by atoms with van der Waals surface area (Å²) < 4.78 is 26.7. The molecule has 0 saturated heterocycles. The molecule has 0 amide bonds. The van der Waals surface area contributed by atoms with Crippen LogP contribution in [0.1, 0.15) is 29.1 Å². The van der Waals surface area contributed by atoms with Crippen molar-refractivity contribution < 1.29 is 18.3 Å². The number of nitrogens with one attached hydrogen (secondary N) is 2. The van der Waals surface area contributed by atoms with Gasteiger partial charge in [0.2, 0.25) is 10.0 Å².